The van der Waals surface area contributed by atoms with E-state index in [0.29, 0.717) is 23.9 Å². The summed E-state index contributed by atoms with van der Waals surface area (Å²) in [6, 6.07) is 0. The number of hydrogen-bond acceptors (Lipinski definition) is 7. The third-order valence-electron chi connectivity index (χ3n) is 13.6. The van der Waals surface area contributed by atoms with Crippen LogP contribution in [0.4, 0.5) is 0 Å². The molecule has 0 saturated heterocycles. The number of hydrogen-bond donors (Lipinski definition) is 1. The molecular formula is C68H120NO8+. The van der Waals surface area contributed by atoms with Gasteiger partial charge in [0.25, 0.3) is 6.29 Å². The minimum atomic E-state index is -1.51. The quantitative estimate of drug-likeness (QED) is 0.0211. The molecule has 0 rings (SSSR count). The fourth-order valence-electron chi connectivity index (χ4n) is 8.78. The Bertz CT molecular complexity index is 1540. The Kier molecular flexibility index (Phi) is 55.9. The number of unbranched alkanes of at least 4 members (excludes halogenated alkanes) is 29. The molecule has 0 aliphatic carbocycles. The van der Waals surface area contributed by atoms with Crippen molar-refractivity contribution in [3.8, 4) is 0 Å². The largest absolute Gasteiger partial charge is 0.477 e. The third-order valence-corrected chi connectivity index (χ3v) is 13.6. The van der Waals surface area contributed by atoms with Crippen LogP contribution in [0.3, 0.4) is 0 Å². The van der Waals surface area contributed by atoms with Crippen molar-refractivity contribution in [3.63, 3.8) is 0 Å². The summed E-state index contributed by atoms with van der Waals surface area (Å²) in [7, 11) is 5.97. The molecule has 444 valence electrons. The standard InChI is InChI=1S/C68H119NO8/c1-6-8-10-12-14-16-18-20-22-24-26-28-30-32-33-35-37-39-41-43-45-47-49-51-53-55-57-59-66(71)77-64(63-76-68(67(72)73)74-61-60-69(3,4)5)62-75-65(70)58-56-54-52-50-48-46-44-42-40-38-36-34-31-29-27-25-23-21-19-17-15-13-11-9-7-2/h8,10,14,16,19-22,25-28,32-33,64,68H,6-7,9,11-13,15,17-18,23-24,29-31,34-63H2,1-5H3/p+1/b10-8-,16-14-,21-19-,22-20-,27-25-,28-26-,33-32-. The predicted molar refractivity (Wildman–Crippen MR) is 327 cm³/mol. The van der Waals surface area contributed by atoms with E-state index >= 15 is 0 Å². The number of carboxylic acids is 1. The zero-order valence-corrected chi connectivity index (χ0v) is 50.6. The van der Waals surface area contributed by atoms with Crippen molar-refractivity contribution < 1.29 is 42.9 Å². The third kappa shape index (κ3) is 60.0. The van der Waals surface area contributed by atoms with Gasteiger partial charge in [0.15, 0.2) is 6.10 Å². The smallest absolute Gasteiger partial charge is 0.361 e. The Morgan fingerprint density at radius 2 is 0.740 bits per heavy atom. The lowest BCUT2D eigenvalue weighted by Gasteiger charge is -2.25. The highest BCUT2D eigenvalue weighted by Gasteiger charge is 2.25. The Balaban J connectivity index is 4.20. The summed E-state index contributed by atoms with van der Waals surface area (Å²) in [5, 5.41) is 9.73. The number of quaternary nitrogens is 1. The van der Waals surface area contributed by atoms with Gasteiger partial charge in [0, 0.05) is 12.8 Å². The van der Waals surface area contributed by atoms with Gasteiger partial charge in [-0.3, -0.25) is 9.59 Å². The molecule has 0 amide bonds. The number of carboxylic acid groups (broad SMARTS) is 1. The first-order valence-corrected chi connectivity index (χ1v) is 31.8. The number of likely N-dealkylation sites (N-methyl/N-ethyl adjacent to an activating group) is 1. The monoisotopic (exact) mass is 1080 g/mol. The van der Waals surface area contributed by atoms with E-state index in [1.165, 1.54) is 161 Å². The molecule has 0 aromatic carbocycles. The van der Waals surface area contributed by atoms with Crippen LogP contribution in [0.5, 0.6) is 0 Å². The molecule has 0 aromatic heterocycles. The van der Waals surface area contributed by atoms with Gasteiger partial charge in [-0.1, -0.05) is 253 Å². The molecule has 0 heterocycles. The molecule has 0 aromatic rings. The van der Waals surface area contributed by atoms with Gasteiger partial charge in [-0.15, -0.1) is 0 Å². The molecule has 0 saturated carbocycles. The number of carbonyl (C=O) groups is 3. The molecule has 1 N–H and O–H groups in total. The molecular weight excluding hydrogens is 959 g/mol. The molecule has 0 bridgehead atoms. The lowest BCUT2D eigenvalue weighted by molar-refractivity contribution is -0.870. The summed E-state index contributed by atoms with van der Waals surface area (Å²) in [5.41, 5.74) is 0. The molecule has 2 atom stereocenters. The average molecular weight is 1080 g/mol. The Morgan fingerprint density at radius 3 is 1.10 bits per heavy atom. The Morgan fingerprint density at radius 1 is 0.403 bits per heavy atom. The molecule has 2 unspecified atom stereocenters. The van der Waals surface area contributed by atoms with Crippen LogP contribution in [0, 0.1) is 0 Å². The number of rotatable bonds is 58. The van der Waals surface area contributed by atoms with Gasteiger partial charge in [-0.25, -0.2) is 4.79 Å². The number of aliphatic carboxylic acids is 1. The first-order chi connectivity index (χ1) is 37.6. The molecule has 0 aliphatic rings. The number of ether oxygens (including phenoxy) is 4. The number of nitrogens with zero attached hydrogens (tertiary/aromatic N) is 1. The van der Waals surface area contributed by atoms with E-state index in [-0.39, 0.29) is 32.2 Å². The minimum Gasteiger partial charge on any atom is -0.477 e. The first kappa shape index (κ1) is 73.5. The number of allylic oxidation sites excluding steroid dienone is 14. The molecule has 0 aliphatic heterocycles. The lowest BCUT2D eigenvalue weighted by atomic mass is 10.0. The molecule has 0 radical (unpaired) electrons. The van der Waals surface area contributed by atoms with Gasteiger partial charge >= 0.3 is 17.9 Å². The Labute approximate surface area is 474 Å². The van der Waals surface area contributed by atoms with Gasteiger partial charge in [0.1, 0.15) is 13.2 Å². The van der Waals surface area contributed by atoms with Crippen molar-refractivity contribution in [2.24, 2.45) is 0 Å². The van der Waals surface area contributed by atoms with Crippen LogP contribution in [-0.4, -0.2) is 87.4 Å². The van der Waals surface area contributed by atoms with Crippen LogP contribution in [0.25, 0.3) is 0 Å². The summed E-state index contributed by atoms with van der Waals surface area (Å²) in [6.07, 6.45) is 75.2. The van der Waals surface area contributed by atoms with E-state index < -0.39 is 24.3 Å². The zero-order chi connectivity index (χ0) is 56.2. The van der Waals surface area contributed by atoms with E-state index in [1.54, 1.807) is 0 Å². The highest BCUT2D eigenvalue weighted by Crippen LogP contribution is 2.16. The van der Waals surface area contributed by atoms with Crippen LogP contribution in [0.15, 0.2) is 85.1 Å². The van der Waals surface area contributed by atoms with E-state index in [2.05, 4.69) is 98.9 Å². The SMILES string of the molecule is CC/C=C\C/C=C\C/C=C\C/C=C\C/C=C\CCCCCCCCCCCCCC(=O)OC(COC(=O)CCCCCCCCCCCCCCC/C=C\C/C=C\CCCCCCC)COC(OCC[N+](C)(C)C)C(=O)O. The van der Waals surface area contributed by atoms with Gasteiger partial charge in [-0.2, -0.15) is 0 Å². The minimum absolute atomic E-state index is 0.184. The molecule has 9 heteroatoms. The maximum absolute atomic E-state index is 12.9. The Hall–Kier alpha value is -3.53. The maximum atomic E-state index is 12.9. The van der Waals surface area contributed by atoms with Crippen molar-refractivity contribution in [1.82, 2.24) is 0 Å². The second-order valence-electron chi connectivity index (χ2n) is 22.3. The van der Waals surface area contributed by atoms with Crippen LogP contribution >= 0.6 is 0 Å². The molecule has 77 heavy (non-hydrogen) atoms. The van der Waals surface area contributed by atoms with Crippen LogP contribution in [0.2, 0.25) is 0 Å². The lowest BCUT2D eigenvalue weighted by Crippen LogP contribution is -2.40. The summed E-state index contributed by atoms with van der Waals surface area (Å²) in [6.45, 7) is 4.77. The zero-order valence-electron chi connectivity index (χ0n) is 50.6. The maximum Gasteiger partial charge on any atom is 0.361 e. The fraction of sp³-hybridized carbons (Fsp3) is 0.750. The van der Waals surface area contributed by atoms with Gasteiger partial charge in [0.2, 0.25) is 0 Å². The summed E-state index contributed by atoms with van der Waals surface area (Å²) >= 11 is 0. The van der Waals surface area contributed by atoms with Gasteiger partial charge in [0.05, 0.1) is 34.4 Å². The average Bonchev–Trinajstić information content (AvgIpc) is 3.40. The van der Waals surface area contributed by atoms with Crippen molar-refractivity contribution in [3.05, 3.63) is 85.1 Å². The number of carbonyl (C=O) groups excluding carboxylic acids is 2. The topological polar surface area (TPSA) is 108 Å². The molecule has 0 fully saturated rings. The van der Waals surface area contributed by atoms with Gasteiger partial charge in [-0.05, 0) is 89.9 Å². The van der Waals surface area contributed by atoms with Gasteiger partial charge < -0.3 is 28.5 Å². The van der Waals surface area contributed by atoms with E-state index in [0.717, 1.165) is 77.0 Å². The highest BCUT2D eigenvalue weighted by atomic mass is 16.7. The highest BCUT2D eigenvalue weighted by molar-refractivity contribution is 5.71. The fourth-order valence-corrected chi connectivity index (χ4v) is 8.78. The van der Waals surface area contributed by atoms with Crippen LogP contribution < -0.4 is 0 Å². The second-order valence-corrected chi connectivity index (χ2v) is 22.3. The summed E-state index contributed by atoms with van der Waals surface area (Å²) in [5.74, 6) is -2.01. The summed E-state index contributed by atoms with van der Waals surface area (Å²) in [4.78, 5) is 37.5. The molecule has 9 nitrogen and oxygen atoms in total. The van der Waals surface area contributed by atoms with E-state index in [9.17, 15) is 19.5 Å². The van der Waals surface area contributed by atoms with Crippen LogP contribution in [-0.2, 0) is 33.3 Å². The van der Waals surface area contributed by atoms with E-state index in [1.807, 2.05) is 21.1 Å². The van der Waals surface area contributed by atoms with Crippen LogP contribution in [0.1, 0.15) is 271 Å². The summed E-state index contributed by atoms with van der Waals surface area (Å²) < 4.78 is 22.9. The van der Waals surface area contributed by atoms with Crippen molar-refractivity contribution in [1.29, 1.82) is 0 Å². The van der Waals surface area contributed by atoms with Crippen molar-refractivity contribution >= 4 is 17.9 Å². The molecule has 0 spiro atoms. The second kappa shape index (κ2) is 58.6. The van der Waals surface area contributed by atoms with E-state index in [4.69, 9.17) is 18.9 Å². The van der Waals surface area contributed by atoms with Crippen molar-refractivity contribution in [2.75, 3.05) is 47.5 Å². The predicted octanol–water partition coefficient (Wildman–Crippen LogP) is 19.1. The number of esters is 2. The van der Waals surface area contributed by atoms with Crippen molar-refractivity contribution in [2.45, 2.75) is 283 Å². The normalized spacial score (nSPS) is 13.3. The first-order valence-electron chi connectivity index (χ1n) is 31.8.